The Morgan fingerprint density at radius 3 is 2.95 bits per heavy atom. The summed E-state index contributed by atoms with van der Waals surface area (Å²) in [4.78, 5) is 30.8. The Morgan fingerprint density at radius 1 is 1.41 bits per heavy atom. The van der Waals surface area contributed by atoms with Gasteiger partial charge < -0.3 is 5.32 Å². The third-order valence-corrected chi connectivity index (χ3v) is 5.88. The van der Waals surface area contributed by atoms with Crippen LogP contribution in [-0.4, -0.2) is 23.3 Å². The second kappa shape index (κ2) is 6.89. The molecule has 1 N–H and O–H groups in total. The molecule has 1 fully saturated rings. The molecule has 0 radical (unpaired) electrons. The number of halogens is 1. The molecule has 1 aliphatic heterocycles. The molecule has 0 saturated carbocycles. The highest BCUT2D eigenvalue weighted by Gasteiger charge is 2.24. The molecule has 22 heavy (non-hydrogen) atoms. The molecule has 2 amide bonds. The highest BCUT2D eigenvalue weighted by molar-refractivity contribution is 9.10. The first-order chi connectivity index (χ1) is 10.6. The number of rotatable bonds is 5. The predicted octanol–water partition coefficient (Wildman–Crippen LogP) is 2.95. The third-order valence-electron chi connectivity index (χ3n) is 3.27. The Balaban J connectivity index is 1.53. The molecule has 116 valence electrons. The summed E-state index contributed by atoms with van der Waals surface area (Å²) in [7, 11) is 0. The summed E-state index contributed by atoms with van der Waals surface area (Å²) in [6.45, 7) is 1.25. The fraction of sp³-hybridized carbons (Fsp3) is 0.357. The van der Waals surface area contributed by atoms with Crippen LogP contribution in [-0.2, 0) is 22.6 Å². The topological polar surface area (TPSA) is 62.3 Å². The molecule has 0 unspecified atom stereocenters. The van der Waals surface area contributed by atoms with Gasteiger partial charge in [0.25, 0.3) is 0 Å². The largest absolute Gasteiger partial charge is 0.351 e. The second-order valence-electron chi connectivity index (χ2n) is 4.96. The number of nitrogens with one attached hydrogen (secondary N) is 1. The average molecular weight is 400 g/mol. The summed E-state index contributed by atoms with van der Waals surface area (Å²) >= 11 is 6.41. The van der Waals surface area contributed by atoms with E-state index in [2.05, 4.69) is 26.2 Å². The number of thiophene rings is 1. The highest BCUT2D eigenvalue weighted by Crippen LogP contribution is 2.25. The standard InChI is InChI=1S/C14H14BrN3O2S2/c15-9-4-11(21-7-9)6-16-12(19)5-10-8-22-14(17-10)18-3-1-2-13(18)20/h4,7-8H,1-3,5-6H2,(H,16,19). The van der Waals surface area contributed by atoms with Crippen LogP contribution in [0.4, 0.5) is 5.13 Å². The van der Waals surface area contributed by atoms with E-state index in [-0.39, 0.29) is 18.2 Å². The fourth-order valence-electron chi connectivity index (χ4n) is 2.21. The van der Waals surface area contributed by atoms with E-state index in [9.17, 15) is 9.59 Å². The van der Waals surface area contributed by atoms with Gasteiger partial charge in [0.05, 0.1) is 18.7 Å². The van der Waals surface area contributed by atoms with Gasteiger partial charge in [-0.25, -0.2) is 4.98 Å². The number of hydrogen-bond donors (Lipinski definition) is 1. The van der Waals surface area contributed by atoms with Gasteiger partial charge in [-0.05, 0) is 28.4 Å². The Kier molecular flexibility index (Phi) is 4.90. The van der Waals surface area contributed by atoms with E-state index in [0.717, 1.165) is 22.3 Å². The molecule has 1 saturated heterocycles. The Labute approximate surface area is 144 Å². The van der Waals surface area contributed by atoms with Crippen molar-refractivity contribution in [2.24, 2.45) is 0 Å². The van der Waals surface area contributed by atoms with Crippen LogP contribution in [0.2, 0.25) is 0 Å². The first-order valence-corrected chi connectivity index (χ1v) is 9.41. The van der Waals surface area contributed by atoms with Crippen LogP contribution in [0.1, 0.15) is 23.4 Å². The van der Waals surface area contributed by atoms with Gasteiger partial charge in [0.15, 0.2) is 5.13 Å². The van der Waals surface area contributed by atoms with Crippen molar-refractivity contribution < 1.29 is 9.59 Å². The molecule has 8 heteroatoms. The minimum atomic E-state index is -0.0610. The van der Waals surface area contributed by atoms with Crippen LogP contribution in [0.5, 0.6) is 0 Å². The summed E-state index contributed by atoms with van der Waals surface area (Å²) in [5, 5.41) is 7.42. The van der Waals surface area contributed by atoms with Crippen LogP contribution in [0.15, 0.2) is 21.3 Å². The first-order valence-electron chi connectivity index (χ1n) is 6.86. The van der Waals surface area contributed by atoms with Gasteiger partial charge in [0.1, 0.15) is 0 Å². The van der Waals surface area contributed by atoms with E-state index in [1.54, 1.807) is 16.2 Å². The van der Waals surface area contributed by atoms with Crippen molar-refractivity contribution in [1.82, 2.24) is 10.3 Å². The van der Waals surface area contributed by atoms with Gasteiger partial charge in [-0.3, -0.25) is 14.5 Å². The van der Waals surface area contributed by atoms with Crippen LogP contribution >= 0.6 is 38.6 Å². The van der Waals surface area contributed by atoms with Gasteiger partial charge >= 0.3 is 0 Å². The predicted molar refractivity (Wildman–Crippen MR) is 91.3 cm³/mol. The molecule has 3 heterocycles. The minimum Gasteiger partial charge on any atom is -0.351 e. The summed E-state index contributed by atoms with van der Waals surface area (Å²) < 4.78 is 1.03. The normalized spacial score (nSPS) is 14.6. The number of aromatic nitrogens is 1. The monoisotopic (exact) mass is 399 g/mol. The van der Waals surface area contributed by atoms with Crippen molar-refractivity contribution in [1.29, 1.82) is 0 Å². The molecule has 2 aromatic heterocycles. The summed E-state index contributed by atoms with van der Waals surface area (Å²) in [5.41, 5.74) is 0.713. The number of carbonyl (C=O) groups is 2. The first kappa shape index (κ1) is 15.6. The molecule has 2 aromatic rings. The number of anilines is 1. The van der Waals surface area contributed by atoms with Gasteiger partial charge in [-0.2, -0.15) is 0 Å². The van der Waals surface area contributed by atoms with Gasteiger partial charge in [-0.15, -0.1) is 22.7 Å². The fourth-order valence-corrected chi connectivity index (χ4v) is 4.47. The lowest BCUT2D eigenvalue weighted by atomic mass is 10.3. The maximum atomic E-state index is 12.0. The molecule has 0 aliphatic carbocycles. The number of thiazole rings is 1. The number of carbonyl (C=O) groups excluding carboxylic acids is 2. The molecule has 1 aliphatic rings. The Bertz CT molecular complexity index is 698. The van der Waals surface area contributed by atoms with Crippen molar-refractivity contribution in [2.75, 3.05) is 11.4 Å². The minimum absolute atomic E-state index is 0.0610. The Hall–Kier alpha value is -1.25. The number of nitrogens with zero attached hydrogens (tertiary/aromatic N) is 2. The van der Waals surface area contributed by atoms with Crippen molar-refractivity contribution in [2.45, 2.75) is 25.8 Å². The van der Waals surface area contributed by atoms with E-state index in [1.807, 2.05) is 16.8 Å². The van der Waals surface area contributed by atoms with Gasteiger partial charge in [0.2, 0.25) is 11.8 Å². The molecule has 3 rings (SSSR count). The molecule has 0 spiro atoms. The highest BCUT2D eigenvalue weighted by atomic mass is 79.9. The van der Waals surface area contributed by atoms with Crippen molar-refractivity contribution in [3.8, 4) is 0 Å². The SMILES string of the molecule is O=C(Cc1csc(N2CCCC2=O)n1)NCc1cc(Br)cs1. The van der Waals surface area contributed by atoms with Crippen molar-refractivity contribution in [3.63, 3.8) is 0 Å². The van der Waals surface area contributed by atoms with E-state index in [4.69, 9.17) is 0 Å². The van der Waals surface area contributed by atoms with Gasteiger partial charge in [0, 0.05) is 33.1 Å². The zero-order valence-corrected chi connectivity index (χ0v) is 14.9. The van der Waals surface area contributed by atoms with E-state index in [1.165, 1.54) is 11.3 Å². The van der Waals surface area contributed by atoms with E-state index in [0.29, 0.717) is 23.8 Å². The van der Waals surface area contributed by atoms with Crippen molar-refractivity contribution >= 4 is 55.5 Å². The molecule has 0 bridgehead atoms. The second-order valence-corrected chi connectivity index (χ2v) is 7.70. The third kappa shape index (κ3) is 3.74. The van der Waals surface area contributed by atoms with Crippen LogP contribution in [0, 0.1) is 0 Å². The summed E-state index contributed by atoms with van der Waals surface area (Å²) in [5.74, 6) is 0.0581. The molecule has 0 atom stereocenters. The van der Waals surface area contributed by atoms with Crippen LogP contribution in [0.25, 0.3) is 0 Å². The molecule has 5 nitrogen and oxygen atoms in total. The summed E-state index contributed by atoms with van der Waals surface area (Å²) in [6, 6.07) is 1.99. The van der Waals surface area contributed by atoms with E-state index < -0.39 is 0 Å². The lowest BCUT2D eigenvalue weighted by Crippen LogP contribution is -2.25. The molecular weight excluding hydrogens is 386 g/mol. The maximum Gasteiger partial charge on any atom is 0.228 e. The van der Waals surface area contributed by atoms with E-state index >= 15 is 0 Å². The maximum absolute atomic E-state index is 12.0. The quantitative estimate of drug-likeness (QED) is 0.840. The van der Waals surface area contributed by atoms with Crippen LogP contribution < -0.4 is 10.2 Å². The lowest BCUT2D eigenvalue weighted by Gasteiger charge is -2.10. The molecular formula is C14H14BrN3O2S2. The lowest BCUT2D eigenvalue weighted by molar-refractivity contribution is -0.120. The Morgan fingerprint density at radius 2 is 2.27 bits per heavy atom. The van der Waals surface area contributed by atoms with Gasteiger partial charge in [-0.1, -0.05) is 0 Å². The number of amides is 2. The average Bonchev–Trinajstić information content (AvgIpc) is 3.18. The smallest absolute Gasteiger partial charge is 0.228 e. The summed E-state index contributed by atoms with van der Waals surface area (Å²) in [6.07, 6.45) is 1.71. The number of hydrogen-bond acceptors (Lipinski definition) is 5. The van der Waals surface area contributed by atoms with Crippen molar-refractivity contribution in [3.05, 3.63) is 31.9 Å². The zero-order valence-electron chi connectivity index (χ0n) is 11.7. The molecule has 0 aromatic carbocycles. The zero-order chi connectivity index (χ0) is 15.5. The van der Waals surface area contributed by atoms with Crippen LogP contribution in [0.3, 0.4) is 0 Å².